The van der Waals surface area contributed by atoms with Crippen molar-refractivity contribution in [2.75, 3.05) is 0 Å². The van der Waals surface area contributed by atoms with Crippen molar-refractivity contribution in [1.29, 1.82) is 0 Å². The van der Waals surface area contributed by atoms with Gasteiger partial charge >= 0.3 is 5.97 Å². The molecule has 1 aliphatic carbocycles. The molecule has 0 bridgehead atoms. The maximum Gasteiger partial charge on any atom is 0.305 e. The maximum atomic E-state index is 11.6. The van der Waals surface area contributed by atoms with Gasteiger partial charge in [0.2, 0.25) is 0 Å². The van der Waals surface area contributed by atoms with Crippen molar-refractivity contribution in [2.24, 2.45) is 0 Å². The highest BCUT2D eigenvalue weighted by Gasteiger charge is 2.48. The van der Waals surface area contributed by atoms with E-state index < -0.39 is 0 Å². The average Bonchev–Trinajstić information content (AvgIpc) is 2.43. The first-order valence-electron chi connectivity index (χ1n) is 8.91. The van der Waals surface area contributed by atoms with E-state index in [1.807, 2.05) is 6.92 Å². The number of esters is 1. The summed E-state index contributed by atoms with van der Waals surface area (Å²) in [6.07, 6.45) is 8.65. The van der Waals surface area contributed by atoms with Gasteiger partial charge in [0.15, 0.2) is 0 Å². The van der Waals surface area contributed by atoms with Crippen molar-refractivity contribution in [2.45, 2.75) is 109 Å². The topological polar surface area (TPSA) is 38.8 Å². The standard InChI is InChI=1S/C18H33NO3/c1-6-16(20)21-15-12-17(2,3)19(18(4,5)13-15)22-14-10-8-7-9-11-14/h14-15H,6-13H2,1-5H3. The molecule has 0 amide bonds. The first-order valence-corrected chi connectivity index (χ1v) is 8.91. The summed E-state index contributed by atoms with van der Waals surface area (Å²) in [5.74, 6) is -0.0988. The molecule has 0 aromatic heterocycles. The van der Waals surface area contributed by atoms with Crippen LogP contribution in [-0.2, 0) is 14.4 Å². The van der Waals surface area contributed by atoms with Gasteiger partial charge in [0.25, 0.3) is 0 Å². The minimum absolute atomic E-state index is 0.0105. The van der Waals surface area contributed by atoms with E-state index in [1.54, 1.807) is 0 Å². The molecule has 1 heterocycles. The normalized spacial score (nSPS) is 26.8. The van der Waals surface area contributed by atoms with E-state index in [1.165, 1.54) is 19.3 Å². The Balaban J connectivity index is 2.05. The van der Waals surface area contributed by atoms with Gasteiger partial charge in [0, 0.05) is 30.3 Å². The van der Waals surface area contributed by atoms with Crippen LogP contribution in [0.2, 0.25) is 0 Å². The first kappa shape index (κ1) is 17.7. The van der Waals surface area contributed by atoms with Crippen molar-refractivity contribution < 1.29 is 14.4 Å². The van der Waals surface area contributed by atoms with Gasteiger partial charge in [-0.2, -0.15) is 5.06 Å². The number of rotatable bonds is 4. The van der Waals surface area contributed by atoms with Gasteiger partial charge in [0.1, 0.15) is 6.10 Å². The fourth-order valence-corrected chi connectivity index (χ4v) is 4.13. The largest absolute Gasteiger partial charge is 0.462 e. The lowest BCUT2D eigenvalue weighted by molar-refractivity contribution is -0.318. The van der Waals surface area contributed by atoms with E-state index in [4.69, 9.17) is 9.57 Å². The van der Waals surface area contributed by atoms with Gasteiger partial charge in [-0.05, 0) is 40.5 Å². The van der Waals surface area contributed by atoms with Crippen LogP contribution in [0.4, 0.5) is 0 Å². The number of hydrogen-bond donors (Lipinski definition) is 0. The molecule has 1 saturated carbocycles. The summed E-state index contributed by atoms with van der Waals surface area (Å²) in [5.41, 5.74) is -0.254. The number of carbonyl (C=O) groups is 1. The Bertz CT molecular complexity index is 368. The average molecular weight is 311 g/mol. The lowest BCUT2D eigenvalue weighted by atomic mass is 9.80. The Morgan fingerprint density at radius 3 is 2.05 bits per heavy atom. The van der Waals surface area contributed by atoms with Crippen molar-refractivity contribution in [3.8, 4) is 0 Å². The molecular weight excluding hydrogens is 278 g/mol. The number of hydrogen-bond acceptors (Lipinski definition) is 4. The smallest absolute Gasteiger partial charge is 0.305 e. The predicted octanol–water partition coefficient (Wildman–Crippen LogP) is 4.23. The van der Waals surface area contributed by atoms with E-state index >= 15 is 0 Å². The minimum Gasteiger partial charge on any atom is -0.462 e. The van der Waals surface area contributed by atoms with E-state index in [0.717, 1.165) is 25.7 Å². The summed E-state index contributed by atoms with van der Waals surface area (Å²) in [7, 11) is 0. The Morgan fingerprint density at radius 1 is 1.00 bits per heavy atom. The van der Waals surface area contributed by atoms with Gasteiger partial charge in [-0.15, -0.1) is 0 Å². The van der Waals surface area contributed by atoms with E-state index in [2.05, 4.69) is 32.8 Å². The predicted molar refractivity (Wildman–Crippen MR) is 87.4 cm³/mol. The molecule has 0 N–H and O–H groups in total. The zero-order valence-corrected chi connectivity index (χ0v) is 15.0. The van der Waals surface area contributed by atoms with E-state index in [-0.39, 0.29) is 23.2 Å². The summed E-state index contributed by atoms with van der Waals surface area (Å²) in [6, 6.07) is 0. The second kappa shape index (κ2) is 6.88. The minimum atomic E-state index is -0.127. The number of nitrogens with zero attached hydrogens (tertiary/aromatic N) is 1. The Morgan fingerprint density at radius 2 is 1.55 bits per heavy atom. The molecule has 4 heteroatoms. The second-order valence-corrected chi connectivity index (χ2v) is 8.16. The van der Waals surface area contributed by atoms with Crippen LogP contribution in [0, 0.1) is 0 Å². The third kappa shape index (κ3) is 4.23. The number of piperidine rings is 1. The molecule has 0 spiro atoms. The molecule has 0 aromatic rings. The highest BCUT2D eigenvalue weighted by atomic mass is 16.7. The van der Waals surface area contributed by atoms with Gasteiger partial charge in [-0.25, -0.2) is 0 Å². The Labute approximate surface area is 135 Å². The lowest BCUT2D eigenvalue weighted by Crippen LogP contribution is -2.62. The maximum absolute atomic E-state index is 11.6. The van der Waals surface area contributed by atoms with Crippen LogP contribution in [0.5, 0.6) is 0 Å². The molecule has 1 saturated heterocycles. The highest BCUT2D eigenvalue weighted by Crippen LogP contribution is 2.41. The van der Waals surface area contributed by atoms with Gasteiger partial charge in [0.05, 0.1) is 6.10 Å². The Hall–Kier alpha value is -0.610. The van der Waals surface area contributed by atoms with Crippen molar-refractivity contribution in [3.63, 3.8) is 0 Å². The van der Waals surface area contributed by atoms with Crippen molar-refractivity contribution >= 4 is 5.97 Å². The van der Waals surface area contributed by atoms with Crippen LogP contribution in [0.15, 0.2) is 0 Å². The van der Waals surface area contributed by atoms with Gasteiger partial charge in [-0.1, -0.05) is 26.2 Å². The van der Waals surface area contributed by atoms with Gasteiger partial charge in [-0.3, -0.25) is 9.63 Å². The molecule has 0 radical (unpaired) electrons. The number of carbonyl (C=O) groups excluding carboxylic acids is 1. The molecular formula is C18H33NO3. The fraction of sp³-hybridized carbons (Fsp3) is 0.944. The zero-order valence-electron chi connectivity index (χ0n) is 15.0. The van der Waals surface area contributed by atoms with Crippen LogP contribution < -0.4 is 0 Å². The number of ether oxygens (including phenoxy) is 1. The van der Waals surface area contributed by atoms with Crippen molar-refractivity contribution in [1.82, 2.24) is 5.06 Å². The van der Waals surface area contributed by atoms with Crippen molar-refractivity contribution in [3.05, 3.63) is 0 Å². The van der Waals surface area contributed by atoms with Crippen LogP contribution in [0.1, 0.15) is 86.0 Å². The van der Waals surface area contributed by atoms with Crippen LogP contribution in [-0.4, -0.2) is 34.3 Å². The summed E-state index contributed by atoms with van der Waals surface area (Å²) >= 11 is 0. The van der Waals surface area contributed by atoms with Gasteiger partial charge < -0.3 is 4.74 Å². The summed E-state index contributed by atoms with van der Waals surface area (Å²) in [5, 5.41) is 2.20. The second-order valence-electron chi connectivity index (χ2n) is 8.16. The molecule has 22 heavy (non-hydrogen) atoms. The fourth-order valence-electron chi connectivity index (χ4n) is 4.13. The monoisotopic (exact) mass is 311 g/mol. The molecule has 4 nitrogen and oxygen atoms in total. The quantitative estimate of drug-likeness (QED) is 0.728. The molecule has 0 unspecified atom stereocenters. The van der Waals surface area contributed by atoms with Crippen LogP contribution >= 0.6 is 0 Å². The molecule has 128 valence electrons. The molecule has 1 aliphatic heterocycles. The Kier molecular flexibility index (Phi) is 5.54. The van der Waals surface area contributed by atoms with Crippen LogP contribution in [0.3, 0.4) is 0 Å². The first-order chi connectivity index (χ1) is 10.2. The summed E-state index contributed by atoms with van der Waals surface area (Å²) in [6.45, 7) is 10.6. The van der Waals surface area contributed by atoms with Crippen LogP contribution in [0.25, 0.3) is 0 Å². The molecule has 2 aliphatic rings. The zero-order chi connectivity index (χ0) is 16.4. The highest BCUT2D eigenvalue weighted by molar-refractivity contribution is 5.69. The molecule has 0 atom stereocenters. The van der Waals surface area contributed by atoms with E-state index in [9.17, 15) is 4.79 Å². The lowest BCUT2D eigenvalue weighted by Gasteiger charge is -2.54. The number of hydroxylamine groups is 2. The third-order valence-corrected chi connectivity index (χ3v) is 4.95. The molecule has 0 aromatic carbocycles. The summed E-state index contributed by atoms with van der Waals surface area (Å²) in [4.78, 5) is 18.1. The summed E-state index contributed by atoms with van der Waals surface area (Å²) < 4.78 is 5.63. The molecule has 2 fully saturated rings. The van der Waals surface area contributed by atoms with E-state index in [0.29, 0.717) is 12.5 Å². The third-order valence-electron chi connectivity index (χ3n) is 4.95. The SMILES string of the molecule is CCC(=O)OC1CC(C)(C)N(OC2CCCCC2)C(C)(C)C1. The molecule has 2 rings (SSSR count).